The van der Waals surface area contributed by atoms with Crippen LogP contribution in [0.25, 0.3) is 0 Å². The van der Waals surface area contributed by atoms with Crippen LogP contribution in [0.4, 0.5) is 0 Å². The van der Waals surface area contributed by atoms with Crippen molar-refractivity contribution >= 4 is 23.6 Å². The van der Waals surface area contributed by atoms with E-state index in [0.29, 0.717) is 0 Å². The number of thioether (sulfide) groups is 1. The van der Waals surface area contributed by atoms with Crippen molar-refractivity contribution in [2.45, 2.75) is 63.0 Å². The normalized spacial score (nSPS) is 16.6. The van der Waals surface area contributed by atoms with Gasteiger partial charge < -0.3 is 10.1 Å². The predicted octanol–water partition coefficient (Wildman–Crippen LogP) is 3.47. The second-order valence-corrected chi connectivity index (χ2v) is 7.05. The maximum atomic E-state index is 12.1. The van der Waals surface area contributed by atoms with E-state index in [9.17, 15) is 9.59 Å². The zero-order valence-corrected chi connectivity index (χ0v) is 14.7. The molecule has 1 N–H and O–H groups in total. The molecule has 0 heterocycles. The van der Waals surface area contributed by atoms with Crippen LogP contribution in [0.1, 0.15) is 44.6 Å². The van der Waals surface area contributed by atoms with Gasteiger partial charge in [-0.2, -0.15) is 0 Å². The molecule has 1 aromatic carbocycles. The number of nitrogens with one attached hydrogen (secondary N) is 1. The van der Waals surface area contributed by atoms with Gasteiger partial charge in [0, 0.05) is 10.9 Å². The van der Waals surface area contributed by atoms with E-state index in [1.54, 1.807) is 6.92 Å². The first-order chi connectivity index (χ1) is 11.1. The van der Waals surface area contributed by atoms with Gasteiger partial charge in [0.25, 0.3) is 5.91 Å². The number of carbonyl (C=O) groups is 2. The first-order valence-corrected chi connectivity index (χ1v) is 9.23. The summed E-state index contributed by atoms with van der Waals surface area (Å²) in [7, 11) is 0. The molecule has 1 aliphatic rings. The molecule has 1 saturated carbocycles. The molecule has 2 rings (SSSR count). The molecule has 0 aliphatic heterocycles. The van der Waals surface area contributed by atoms with E-state index in [0.717, 1.165) is 36.1 Å². The molecule has 0 saturated heterocycles. The van der Waals surface area contributed by atoms with Crippen molar-refractivity contribution in [1.82, 2.24) is 5.32 Å². The fourth-order valence-corrected chi connectivity index (χ4v) is 3.52. The van der Waals surface area contributed by atoms with Crippen molar-refractivity contribution in [2.75, 3.05) is 5.75 Å². The van der Waals surface area contributed by atoms with E-state index in [4.69, 9.17) is 4.74 Å². The molecule has 1 aromatic rings. The van der Waals surface area contributed by atoms with E-state index in [1.807, 2.05) is 31.2 Å². The summed E-state index contributed by atoms with van der Waals surface area (Å²) in [5.41, 5.74) is 1.13. The molecule has 23 heavy (non-hydrogen) atoms. The van der Waals surface area contributed by atoms with Gasteiger partial charge in [0.05, 0.1) is 5.75 Å². The standard InChI is InChI=1S/C18H25NO3S/c1-13-8-6-7-11-16(13)23-12-17(20)22-14(2)18(21)19-15-9-4-3-5-10-15/h6-8,11,14-15H,3-5,9-10,12H2,1-2H3,(H,19,21)/t14-/m0/s1. The lowest BCUT2D eigenvalue weighted by molar-refractivity contribution is -0.152. The largest absolute Gasteiger partial charge is 0.452 e. The van der Waals surface area contributed by atoms with Crippen LogP contribution in [-0.2, 0) is 14.3 Å². The molecule has 0 bridgehead atoms. The summed E-state index contributed by atoms with van der Waals surface area (Å²) < 4.78 is 5.24. The average Bonchev–Trinajstić information content (AvgIpc) is 2.55. The monoisotopic (exact) mass is 335 g/mol. The van der Waals surface area contributed by atoms with Gasteiger partial charge in [-0.1, -0.05) is 37.5 Å². The highest BCUT2D eigenvalue weighted by Gasteiger charge is 2.22. The Hall–Kier alpha value is -1.49. The molecule has 0 aromatic heterocycles. The number of amides is 1. The molecule has 1 aliphatic carbocycles. The van der Waals surface area contributed by atoms with Gasteiger partial charge in [-0.3, -0.25) is 9.59 Å². The predicted molar refractivity (Wildman–Crippen MR) is 92.5 cm³/mol. The molecule has 1 atom stereocenters. The van der Waals surface area contributed by atoms with Crippen molar-refractivity contribution in [3.05, 3.63) is 29.8 Å². The first kappa shape index (κ1) is 17.9. The van der Waals surface area contributed by atoms with Crippen molar-refractivity contribution in [1.29, 1.82) is 0 Å². The highest BCUT2D eigenvalue weighted by atomic mass is 32.2. The van der Waals surface area contributed by atoms with Crippen LogP contribution in [0.15, 0.2) is 29.2 Å². The van der Waals surface area contributed by atoms with Crippen LogP contribution in [0.3, 0.4) is 0 Å². The van der Waals surface area contributed by atoms with Crippen LogP contribution in [-0.4, -0.2) is 29.8 Å². The molecule has 0 spiro atoms. The number of aryl methyl sites for hydroxylation is 1. The van der Waals surface area contributed by atoms with Crippen molar-refractivity contribution in [3.8, 4) is 0 Å². The molecule has 126 valence electrons. The van der Waals surface area contributed by atoms with Crippen LogP contribution in [0, 0.1) is 6.92 Å². The van der Waals surface area contributed by atoms with E-state index in [2.05, 4.69) is 5.32 Å². The molecular formula is C18H25NO3S. The molecule has 0 unspecified atom stereocenters. The Morgan fingerprint density at radius 1 is 1.26 bits per heavy atom. The lowest BCUT2D eigenvalue weighted by atomic mass is 9.95. The number of ether oxygens (including phenoxy) is 1. The Morgan fingerprint density at radius 3 is 2.65 bits per heavy atom. The smallest absolute Gasteiger partial charge is 0.317 e. The van der Waals surface area contributed by atoms with E-state index < -0.39 is 6.10 Å². The SMILES string of the molecule is Cc1ccccc1SCC(=O)O[C@@H](C)C(=O)NC1CCCCC1. The van der Waals surface area contributed by atoms with Gasteiger partial charge in [0.2, 0.25) is 0 Å². The fraction of sp³-hybridized carbons (Fsp3) is 0.556. The van der Waals surface area contributed by atoms with Gasteiger partial charge in [-0.25, -0.2) is 0 Å². The molecule has 4 nitrogen and oxygen atoms in total. The number of benzene rings is 1. The summed E-state index contributed by atoms with van der Waals surface area (Å²) in [6.45, 7) is 3.64. The maximum absolute atomic E-state index is 12.1. The van der Waals surface area contributed by atoms with E-state index in [-0.39, 0.29) is 23.7 Å². The van der Waals surface area contributed by atoms with Crippen LogP contribution in [0.2, 0.25) is 0 Å². The Morgan fingerprint density at radius 2 is 1.96 bits per heavy atom. The van der Waals surface area contributed by atoms with E-state index >= 15 is 0 Å². The van der Waals surface area contributed by atoms with Crippen LogP contribution in [0.5, 0.6) is 0 Å². The third-order valence-electron chi connectivity index (χ3n) is 4.07. The molecule has 1 fully saturated rings. The van der Waals surface area contributed by atoms with Gasteiger partial charge in [0.1, 0.15) is 0 Å². The second-order valence-electron chi connectivity index (χ2n) is 6.03. The zero-order chi connectivity index (χ0) is 16.7. The zero-order valence-electron chi connectivity index (χ0n) is 13.8. The summed E-state index contributed by atoms with van der Waals surface area (Å²) in [5, 5.41) is 2.98. The van der Waals surface area contributed by atoms with Gasteiger partial charge in [0.15, 0.2) is 6.10 Å². The molecular weight excluding hydrogens is 310 g/mol. The van der Waals surface area contributed by atoms with Crippen molar-refractivity contribution < 1.29 is 14.3 Å². The van der Waals surface area contributed by atoms with Crippen LogP contribution >= 0.6 is 11.8 Å². The van der Waals surface area contributed by atoms with Gasteiger partial charge in [-0.05, 0) is 38.3 Å². The van der Waals surface area contributed by atoms with Crippen LogP contribution < -0.4 is 5.32 Å². The lowest BCUT2D eigenvalue weighted by Gasteiger charge is -2.24. The summed E-state index contributed by atoms with van der Waals surface area (Å²) >= 11 is 1.44. The number of rotatable bonds is 6. The van der Waals surface area contributed by atoms with Crippen molar-refractivity contribution in [3.63, 3.8) is 0 Å². The topological polar surface area (TPSA) is 55.4 Å². The summed E-state index contributed by atoms with van der Waals surface area (Å²) in [6, 6.07) is 8.13. The maximum Gasteiger partial charge on any atom is 0.317 e. The summed E-state index contributed by atoms with van der Waals surface area (Å²) in [5.74, 6) is -0.331. The van der Waals surface area contributed by atoms with E-state index in [1.165, 1.54) is 18.2 Å². The number of esters is 1. The first-order valence-electron chi connectivity index (χ1n) is 8.24. The molecule has 1 amide bonds. The number of hydrogen-bond donors (Lipinski definition) is 1. The summed E-state index contributed by atoms with van der Waals surface area (Å²) in [4.78, 5) is 25.1. The minimum absolute atomic E-state index is 0.189. The van der Waals surface area contributed by atoms with Crippen molar-refractivity contribution in [2.24, 2.45) is 0 Å². The average molecular weight is 335 g/mol. The highest BCUT2D eigenvalue weighted by Crippen LogP contribution is 2.22. The number of carbonyl (C=O) groups excluding carboxylic acids is 2. The lowest BCUT2D eigenvalue weighted by Crippen LogP contribution is -2.43. The highest BCUT2D eigenvalue weighted by molar-refractivity contribution is 8.00. The second kappa shape index (κ2) is 8.96. The summed E-state index contributed by atoms with van der Waals surface area (Å²) in [6.07, 6.45) is 4.87. The minimum atomic E-state index is -0.734. The Labute approximate surface area is 142 Å². The van der Waals surface area contributed by atoms with Gasteiger partial charge in [-0.15, -0.1) is 11.8 Å². The molecule has 5 heteroatoms. The Kier molecular flexibility index (Phi) is 6.96. The molecule has 0 radical (unpaired) electrons. The third-order valence-corrected chi connectivity index (χ3v) is 5.22. The Bertz CT molecular complexity index is 541. The third kappa shape index (κ3) is 5.90. The Balaban J connectivity index is 1.73. The quantitative estimate of drug-likeness (QED) is 0.639. The fourth-order valence-electron chi connectivity index (χ4n) is 2.71. The minimum Gasteiger partial charge on any atom is -0.452 e. The number of hydrogen-bond acceptors (Lipinski definition) is 4. The van der Waals surface area contributed by atoms with Gasteiger partial charge >= 0.3 is 5.97 Å².